The maximum absolute atomic E-state index is 14.4. The highest BCUT2D eigenvalue weighted by Crippen LogP contribution is 2.24. The number of nitrogens with zero attached hydrogens (tertiary/aromatic N) is 1. The Morgan fingerprint density at radius 1 is 0.926 bits per heavy atom. The van der Waals surface area contributed by atoms with E-state index in [9.17, 15) is 22.0 Å². The van der Waals surface area contributed by atoms with Crippen LogP contribution in [0.3, 0.4) is 0 Å². The molecule has 8 heteroatoms. The summed E-state index contributed by atoms with van der Waals surface area (Å²) in [5.74, 6) is -1.95. The van der Waals surface area contributed by atoms with Gasteiger partial charge >= 0.3 is 0 Å². The number of carbonyl (C=O) groups is 1. The molecule has 0 atom stereocenters. The zero-order valence-corrected chi connectivity index (χ0v) is 15.4. The van der Waals surface area contributed by atoms with Gasteiger partial charge in [-0.15, -0.1) is 0 Å². The molecule has 27 heavy (non-hydrogen) atoms. The van der Waals surface area contributed by atoms with Gasteiger partial charge in [-0.2, -0.15) is 4.31 Å². The van der Waals surface area contributed by atoms with Gasteiger partial charge in [-0.3, -0.25) is 4.79 Å². The molecular formula is C19H20F2N2O3S. The van der Waals surface area contributed by atoms with Crippen molar-refractivity contribution in [2.24, 2.45) is 0 Å². The van der Waals surface area contributed by atoms with Gasteiger partial charge in [-0.05, 0) is 55.3 Å². The van der Waals surface area contributed by atoms with Crippen molar-refractivity contribution in [1.29, 1.82) is 0 Å². The summed E-state index contributed by atoms with van der Waals surface area (Å²) in [7, 11) is -3.77. The molecule has 5 nitrogen and oxygen atoms in total. The third-order valence-electron chi connectivity index (χ3n) is 4.50. The summed E-state index contributed by atoms with van der Waals surface area (Å²) in [6.45, 7) is 0.847. The molecule has 0 saturated carbocycles. The fraction of sp³-hybridized carbons (Fsp3) is 0.316. The van der Waals surface area contributed by atoms with E-state index in [2.05, 4.69) is 5.32 Å². The molecule has 1 aliphatic rings. The highest BCUT2D eigenvalue weighted by atomic mass is 32.2. The number of hydrogen-bond donors (Lipinski definition) is 1. The first-order valence-corrected chi connectivity index (χ1v) is 10.2. The molecular weight excluding hydrogens is 374 g/mol. The SMILES string of the molecule is O=C(Nc1ccc(S(=O)(=O)N2CCCCCC2)cc1F)c1ccc(F)cc1. The number of amides is 1. The number of rotatable bonds is 4. The van der Waals surface area contributed by atoms with E-state index in [0.29, 0.717) is 13.1 Å². The Morgan fingerprint density at radius 2 is 1.56 bits per heavy atom. The first-order chi connectivity index (χ1) is 12.9. The topological polar surface area (TPSA) is 66.5 Å². The van der Waals surface area contributed by atoms with Crippen LogP contribution in [0.15, 0.2) is 47.4 Å². The first-order valence-electron chi connectivity index (χ1n) is 8.74. The number of anilines is 1. The van der Waals surface area contributed by atoms with E-state index in [0.717, 1.165) is 43.9 Å². The van der Waals surface area contributed by atoms with Crippen LogP contribution in [0, 0.1) is 11.6 Å². The van der Waals surface area contributed by atoms with E-state index in [4.69, 9.17) is 0 Å². The smallest absolute Gasteiger partial charge is 0.255 e. The summed E-state index contributed by atoms with van der Waals surface area (Å²) >= 11 is 0. The number of sulfonamides is 1. The number of hydrogen-bond acceptors (Lipinski definition) is 3. The second kappa shape index (κ2) is 8.14. The molecule has 1 saturated heterocycles. The number of halogens is 2. The van der Waals surface area contributed by atoms with Crippen molar-refractivity contribution in [2.75, 3.05) is 18.4 Å². The summed E-state index contributed by atoms with van der Waals surface area (Å²) in [5.41, 5.74) is 0.0243. The van der Waals surface area contributed by atoms with E-state index in [1.54, 1.807) is 0 Å². The van der Waals surface area contributed by atoms with Crippen LogP contribution in [0.1, 0.15) is 36.0 Å². The van der Waals surface area contributed by atoms with Gasteiger partial charge in [0.15, 0.2) is 0 Å². The molecule has 3 rings (SSSR count). The summed E-state index contributed by atoms with van der Waals surface area (Å²) in [6.07, 6.45) is 3.53. The van der Waals surface area contributed by atoms with Gasteiger partial charge in [-0.25, -0.2) is 17.2 Å². The Labute approximate surface area is 157 Å². The molecule has 0 spiro atoms. The maximum Gasteiger partial charge on any atom is 0.255 e. The number of carbonyl (C=O) groups excluding carboxylic acids is 1. The Balaban J connectivity index is 1.78. The molecule has 0 aromatic heterocycles. The van der Waals surface area contributed by atoms with Crippen molar-refractivity contribution >= 4 is 21.6 Å². The normalized spacial score (nSPS) is 15.9. The Bertz CT molecular complexity index is 922. The van der Waals surface area contributed by atoms with Crippen molar-refractivity contribution in [2.45, 2.75) is 30.6 Å². The molecule has 0 bridgehead atoms. The lowest BCUT2D eigenvalue weighted by atomic mass is 10.2. The molecule has 2 aromatic rings. The zero-order valence-electron chi connectivity index (χ0n) is 14.6. The van der Waals surface area contributed by atoms with Crippen LogP contribution in [-0.2, 0) is 10.0 Å². The van der Waals surface area contributed by atoms with Crippen molar-refractivity contribution in [3.8, 4) is 0 Å². The second-order valence-corrected chi connectivity index (χ2v) is 8.36. The molecule has 1 amide bonds. The van der Waals surface area contributed by atoms with E-state index in [1.165, 1.54) is 28.6 Å². The highest BCUT2D eigenvalue weighted by Gasteiger charge is 2.26. The van der Waals surface area contributed by atoms with Gasteiger partial charge in [-0.1, -0.05) is 12.8 Å². The number of benzene rings is 2. The fourth-order valence-electron chi connectivity index (χ4n) is 2.98. The van der Waals surface area contributed by atoms with E-state index in [-0.39, 0.29) is 16.1 Å². The van der Waals surface area contributed by atoms with Crippen LogP contribution in [0.5, 0.6) is 0 Å². The fourth-order valence-corrected chi connectivity index (χ4v) is 4.51. The van der Waals surface area contributed by atoms with Gasteiger partial charge in [0.25, 0.3) is 5.91 Å². The molecule has 0 radical (unpaired) electrons. The average Bonchev–Trinajstić information content (AvgIpc) is 2.94. The van der Waals surface area contributed by atoms with Gasteiger partial charge in [0.05, 0.1) is 10.6 Å². The zero-order chi connectivity index (χ0) is 19.4. The van der Waals surface area contributed by atoms with Gasteiger partial charge in [0, 0.05) is 18.7 Å². The van der Waals surface area contributed by atoms with Gasteiger partial charge in [0.1, 0.15) is 11.6 Å². The summed E-state index contributed by atoms with van der Waals surface area (Å²) in [5, 5.41) is 2.37. The Morgan fingerprint density at radius 3 is 2.15 bits per heavy atom. The largest absolute Gasteiger partial charge is 0.319 e. The summed E-state index contributed by atoms with van der Waals surface area (Å²) in [6, 6.07) is 8.23. The monoisotopic (exact) mass is 394 g/mol. The quantitative estimate of drug-likeness (QED) is 0.858. The maximum atomic E-state index is 14.4. The minimum Gasteiger partial charge on any atom is -0.319 e. The van der Waals surface area contributed by atoms with Crippen molar-refractivity contribution in [3.63, 3.8) is 0 Å². The van der Waals surface area contributed by atoms with Gasteiger partial charge in [0.2, 0.25) is 10.0 Å². The predicted molar refractivity (Wildman–Crippen MR) is 98.0 cm³/mol. The third kappa shape index (κ3) is 4.51. The van der Waals surface area contributed by atoms with Crippen LogP contribution in [0.2, 0.25) is 0 Å². The lowest BCUT2D eigenvalue weighted by molar-refractivity contribution is 0.102. The predicted octanol–water partition coefficient (Wildman–Crippen LogP) is 3.78. The van der Waals surface area contributed by atoms with E-state index >= 15 is 0 Å². The Hall–Kier alpha value is -2.32. The summed E-state index contributed by atoms with van der Waals surface area (Å²) in [4.78, 5) is 12.0. The first kappa shape index (κ1) is 19.4. The molecule has 1 aliphatic heterocycles. The van der Waals surface area contributed by atoms with Gasteiger partial charge < -0.3 is 5.32 Å². The standard InChI is InChI=1S/C19H20F2N2O3S/c20-15-7-5-14(6-8-15)19(24)22-18-10-9-16(13-17(18)21)27(25,26)23-11-3-1-2-4-12-23/h5-10,13H,1-4,11-12H2,(H,22,24). The molecule has 144 valence electrons. The summed E-state index contributed by atoms with van der Waals surface area (Å²) < 4.78 is 54.1. The number of nitrogens with one attached hydrogen (secondary N) is 1. The average molecular weight is 394 g/mol. The molecule has 2 aromatic carbocycles. The minimum absolute atomic E-state index is 0.137. The molecule has 1 fully saturated rings. The van der Waals surface area contributed by atoms with Crippen molar-refractivity contribution in [3.05, 3.63) is 59.7 Å². The van der Waals surface area contributed by atoms with Crippen LogP contribution in [0.25, 0.3) is 0 Å². The van der Waals surface area contributed by atoms with E-state index < -0.39 is 27.6 Å². The van der Waals surface area contributed by atoms with Crippen LogP contribution in [0.4, 0.5) is 14.5 Å². The Kier molecular flexibility index (Phi) is 5.86. The van der Waals surface area contributed by atoms with Crippen molar-refractivity contribution in [1.82, 2.24) is 4.31 Å². The van der Waals surface area contributed by atoms with Crippen LogP contribution in [-0.4, -0.2) is 31.7 Å². The van der Waals surface area contributed by atoms with Crippen LogP contribution < -0.4 is 5.32 Å². The third-order valence-corrected chi connectivity index (χ3v) is 6.39. The molecule has 0 unspecified atom stereocenters. The lowest BCUT2D eigenvalue weighted by Crippen LogP contribution is -2.32. The molecule has 0 aliphatic carbocycles. The molecule has 1 heterocycles. The van der Waals surface area contributed by atoms with E-state index in [1.807, 2.05) is 0 Å². The second-order valence-electron chi connectivity index (χ2n) is 6.42. The lowest BCUT2D eigenvalue weighted by Gasteiger charge is -2.20. The highest BCUT2D eigenvalue weighted by molar-refractivity contribution is 7.89. The van der Waals surface area contributed by atoms with Crippen LogP contribution >= 0.6 is 0 Å². The van der Waals surface area contributed by atoms with Crippen molar-refractivity contribution < 1.29 is 22.0 Å². The molecule has 1 N–H and O–H groups in total. The minimum atomic E-state index is -3.77.